The Bertz CT molecular complexity index is 576. The van der Waals surface area contributed by atoms with E-state index in [2.05, 4.69) is 4.90 Å². The number of amides is 1. The minimum Gasteiger partial charge on any atom is -0.485 e. The molecule has 3 aliphatic rings. The van der Waals surface area contributed by atoms with Crippen molar-refractivity contribution < 1.29 is 9.53 Å². The molecule has 0 radical (unpaired) electrons. The summed E-state index contributed by atoms with van der Waals surface area (Å²) < 4.78 is 6.08. The van der Waals surface area contributed by atoms with Gasteiger partial charge in [-0.05, 0) is 50.9 Å². The van der Waals surface area contributed by atoms with Crippen molar-refractivity contribution in [3.63, 3.8) is 0 Å². The van der Waals surface area contributed by atoms with Crippen molar-refractivity contribution >= 4 is 11.6 Å². The second-order valence-electron chi connectivity index (χ2n) is 7.20. The van der Waals surface area contributed by atoms with Crippen LogP contribution < -0.4 is 9.64 Å². The normalized spacial score (nSPS) is 32.4. The van der Waals surface area contributed by atoms with Crippen molar-refractivity contribution in [3.05, 3.63) is 24.3 Å². The lowest BCUT2D eigenvalue weighted by atomic mass is 10.1. The predicted molar refractivity (Wildman–Crippen MR) is 86.1 cm³/mol. The SMILES string of the molecule is CN(C)C[C@@H]1CN(C(=O)C2[C@H]3CCC[C@@H]23)c2ccccc2O1. The van der Waals surface area contributed by atoms with E-state index in [1.54, 1.807) is 0 Å². The van der Waals surface area contributed by atoms with Crippen molar-refractivity contribution in [2.45, 2.75) is 25.4 Å². The Labute approximate surface area is 132 Å². The van der Waals surface area contributed by atoms with Gasteiger partial charge in [0.2, 0.25) is 5.91 Å². The van der Waals surface area contributed by atoms with Crippen molar-refractivity contribution in [2.75, 3.05) is 32.1 Å². The summed E-state index contributed by atoms with van der Waals surface area (Å²) in [6.45, 7) is 1.50. The molecule has 2 saturated carbocycles. The monoisotopic (exact) mass is 300 g/mol. The molecule has 1 aliphatic heterocycles. The maximum Gasteiger partial charge on any atom is 0.230 e. The Balaban J connectivity index is 1.58. The van der Waals surface area contributed by atoms with Gasteiger partial charge in [0.15, 0.2) is 0 Å². The number of likely N-dealkylation sites (N-methyl/N-ethyl adjacent to an activating group) is 1. The minimum absolute atomic E-state index is 0.0486. The Morgan fingerprint density at radius 2 is 2.00 bits per heavy atom. The largest absolute Gasteiger partial charge is 0.485 e. The molecule has 0 bridgehead atoms. The van der Waals surface area contributed by atoms with E-state index in [1.165, 1.54) is 19.3 Å². The molecule has 1 amide bonds. The standard InChI is InChI=1S/C18H24N2O2/c1-19(2)10-12-11-20(15-8-3-4-9-16(15)22-12)18(21)17-13-6-5-7-14(13)17/h3-4,8-9,12-14,17H,5-7,10-11H2,1-2H3/t12-,13-,14+,17?/m1/s1. The molecule has 1 heterocycles. The molecule has 22 heavy (non-hydrogen) atoms. The Morgan fingerprint density at radius 3 is 2.73 bits per heavy atom. The molecular weight excluding hydrogens is 276 g/mol. The van der Waals surface area contributed by atoms with Gasteiger partial charge in [0, 0.05) is 12.5 Å². The highest BCUT2D eigenvalue weighted by atomic mass is 16.5. The summed E-state index contributed by atoms with van der Waals surface area (Å²) in [5.41, 5.74) is 0.951. The number of fused-ring (bicyclic) bond motifs is 2. The molecule has 4 rings (SSSR count). The number of nitrogens with zero attached hydrogens (tertiary/aromatic N) is 2. The summed E-state index contributed by atoms with van der Waals surface area (Å²) in [6, 6.07) is 7.95. The third-order valence-electron chi connectivity index (χ3n) is 5.36. The second kappa shape index (κ2) is 5.27. The molecule has 0 aromatic heterocycles. The first-order valence-corrected chi connectivity index (χ1v) is 8.37. The molecule has 4 heteroatoms. The van der Waals surface area contributed by atoms with Crippen LogP contribution >= 0.6 is 0 Å². The van der Waals surface area contributed by atoms with Crippen LogP contribution in [0.2, 0.25) is 0 Å². The van der Waals surface area contributed by atoms with Gasteiger partial charge < -0.3 is 14.5 Å². The van der Waals surface area contributed by atoms with Gasteiger partial charge in [-0.15, -0.1) is 0 Å². The third-order valence-corrected chi connectivity index (χ3v) is 5.36. The Kier molecular flexibility index (Phi) is 3.37. The van der Waals surface area contributed by atoms with Crippen LogP contribution in [0.4, 0.5) is 5.69 Å². The smallest absolute Gasteiger partial charge is 0.230 e. The molecule has 0 spiro atoms. The maximum absolute atomic E-state index is 13.0. The summed E-state index contributed by atoms with van der Waals surface area (Å²) in [5.74, 6) is 2.78. The second-order valence-corrected chi connectivity index (χ2v) is 7.20. The average molecular weight is 300 g/mol. The first kappa shape index (κ1) is 14.1. The Hall–Kier alpha value is -1.55. The molecule has 1 aromatic carbocycles. The molecule has 0 saturated heterocycles. The summed E-state index contributed by atoms with van der Waals surface area (Å²) in [7, 11) is 4.09. The van der Waals surface area contributed by atoms with E-state index >= 15 is 0 Å². The van der Waals surface area contributed by atoms with Crippen LogP contribution in [0, 0.1) is 17.8 Å². The van der Waals surface area contributed by atoms with Crippen LogP contribution in [0.15, 0.2) is 24.3 Å². The summed E-state index contributed by atoms with van der Waals surface area (Å²) >= 11 is 0. The average Bonchev–Trinajstić information content (AvgIpc) is 2.97. The van der Waals surface area contributed by atoms with Crippen LogP contribution in [0.1, 0.15) is 19.3 Å². The van der Waals surface area contributed by atoms with Gasteiger partial charge in [0.05, 0.1) is 12.2 Å². The van der Waals surface area contributed by atoms with E-state index in [-0.39, 0.29) is 12.0 Å². The molecule has 1 unspecified atom stereocenters. The predicted octanol–water partition coefficient (Wildman–Crippen LogP) is 2.39. The Morgan fingerprint density at radius 1 is 1.27 bits per heavy atom. The number of anilines is 1. The van der Waals surface area contributed by atoms with Crippen molar-refractivity contribution in [1.82, 2.24) is 4.90 Å². The number of hydrogen-bond acceptors (Lipinski definition) is 3. The van der Waals surface area contributed by atoms with Gasteiger partial charge in [-0.3, -0.25) is 4.79 Å². The van der Waals surface area contributed by atoms with Crippen LogP contribution in [0.5, 0.6) is 5.75 Å². The summed E-state index contributed by atoms with van der Waals surface area (Å²) in [6.07, 6.45) is 3.84. The number of carbonyl (C=O) groups excluding carboxylic acids is 1. The number of ether oxygens (including phenoxy) is 1. The van der Waals surface area contributed by atoms with Crippen molar-refractivity contribution in [1.29, 1.82) is 0 Å². The highest BCUT2D eigenvalue weighted by Gasteiger charge is 2.58. The molecular formula is C18H24N2O2. The number of rotatable bonds is 3. The maximum atomic E-state index is 13.0. The zero-order chi connectivity index (χ0) is 15.3. The fourth-order valence-electron chi connectivity index (χ4n) is 4.38. The molecule has 0 N–H and O–H groups in total. The van der Waals surface area contributed by atoms with Gasteiger partial charge in [0.25, 0.3) is 0 Å². The number of benzene rings is 1. The van der Waals surface area contributed by atoms with E-state index in [0.717, 1.165) is 18.0 Å². The first-order valence-electron chi connectivity index (χ1n) is 8.37. The van der Waals surface area contributed by atoms with Gasteiger partial charge in [-0.2, -0.15) is 0 Å². The van der Waals surface area contributed by atoms with Gasteiger partial charge in [0.1, 0.15) is 11.9 Å². The van der Waals surface area contributed by atoms with E-state index < -0.39 is 0 Å². The topological polar surface area (TPSA) is 32.8 Å². The van der Waals surface area contributed by atoms with Crippen LogP contribution in [0.25, 0.3) is 0 Å². The van der Waals surface area contributed by atoms with Crippen LogP contribution in [0.3, 0.4) is 0 Å². The van der Waals surface area contributed by atoms with Crippen LogP contribution in [-0.2, 0) is 4.79 Å². The highest BCUT2D eigenvalue weighted by Crippen LogP contribution is 2.58. The first-order chi connectivity index (χ1) is 10.6. The van der Waals surface area contributed by atoms with Crippen molar-refractivity contribution in [2.24, 2.45) is 17.8 Å². The summed E-state index contributed by atoms with van der Waals surface area (Å²) in [5, 5.41) is 0. The molecule has 4 atom stereocenters. The van der Waals surface area contributed by atoms with Gasteiger partial charge in [-0.1, -0.05) is 18.6 Å². The van der Waals surface area contributed by atoms with E-state index in [0.29, 0.717) is 24.3 Å². The number of hydrogen-bond donors (Lipinski definition) is 0. The third kappa shape index (κ3) is 2.30. The van der Waals surface area contributed by atoms with E-state index in [4.69, 9.17) is 4.74 Å². The summed E-state index contributed by atoms with van der Waals surface area (Å²) in [4.78, 5) is 17.1. The van der Waals surface area contributed by atoms with Gasteiger partial charge in [-0.25, -0.2) is 0 Å². The lowest BCUT2D eigenvalue weighted by molar-refractivity contribution is -0.121. The fraction of sp³-hybridized carbons (Fsp3) is 0.611. The van der Waals surface area contributed by atoms with E-state index in [9.17, 15) is 4.79 Å². The molecule has 4 nitrogen and oxygen atoms in total. The fourth-order valence-corrected chi connectivity index (χ4v) is 4.38. The molecule has 118 valence electrons. The lowest BCUT2D eigenvalue weighted by Gasteiger charge is -2.36. The number of carbonyl (C=O) groups is 1. The zero-order valence-electron chi connectivity index (χ0n) is 13.4. The van der Waals surface area contributed by atoms with Crippen LogP contribution in [-0.4, -0.2) is 44.1 Å². The lowest BCUT2D eigenvalue weighted by Crippen LogP contribution is -2.48. The van der Waals surface area contributed by atoms with E-state index in [1.807, 2.05) is 43.3 Å². The van der Waals surface area contributed by atoms with Gasteiger partial charge >= 0.3 is 0 Å². The molecule has 1 aromatic rings. The minimum atomic E-state index is 0.0486. The zero-order valence-corrected chi connectivity index (χ0v) is 13.4. The highest BCUT2D eigenvalue weighted by molar-refractivity contribution is 5.99. The molecule has 2 fully saturated rings. The van der Waals surface area contributed by atoms with Crippen molar-refractivity contribution in [3.8, 4) is 5.75 Å². The quantitative estimate of drug-likeness (QED) is 0.859. The number of para-hydroxylation sites is 2. The molecule has 2 aliphatic carbocycles.